The predicted molar refractivity (Wildman–Crippen MR) is 87.5 cm³/mol. The molecule has 0 bridgehead atoms. The van der Waals surface area contributed by atoms with Gasteiger partial charge >= 0.3 is 0 Å². The number of aromatic nitrogens is 1. The largest absolute Gasteiger partial charge is 0.395 e. The molecule has 118 valence electrons. The third-order valence-electron chi connectivity index (χ3n) is 4.09. The first-order chi connectivity index (χ1) is 10.2. The smallest absolute Gasteiger partial charge is 0.128 e. The standard InChI is InChI=1S/C17H29N3O/c1-14(2)11-18-12-15-7-8-17(19-13-15)20(9-10-21)16-5-3-4-6-16/h7-8,13-14,16,18,21H,3-6,9-12H2,1-2H3. The van der Waals surface area contributed by atoms with Crippen molar-refractivity contribution in [3.8, 4) is 0 Å². The molecular formula is C17H29N3O. The Morgan fingerprint density at radius 2 is 2.10 bits per heavy atom. The van der Waals surface area contributed by atoms with E-state index in [1.165, 1.54) is 31.2 Å². The average Bonchev–Trinajstić information content (AvgIpc) is 2.99. The van der Waals surface area contributed by atoms with E-state index in [1.54, 1.807) is 0 Å². The van der Waals surface area contributed by atoms with Gasteiger partial charge in [-0.1, -0.05) is 32.8 Å². The minimum absolute atomic E-state index is 0.190. The highest BCUT2D eigenvalue weighted by atomic mass is 16.3. The van der Waals surface area contributed by atoms with Crippen LogP contribution in [-0.2, 0) is 6.54 Å². The van der Waals surface area contributed by atoms with Gasteiger partial charge in [0.2, 0.25) is 0 Å². The van der Waals surface area contributed by atoms with Gasteiger partial charge in [0.05, 0.1) is 6.61 Å². The second kappa shape index (κ2) is 8.35. The molecular weight excluding hydrogens is 262 g/mol. The number of hydrogen-bond donors (Lipinski definition) is 2. The quantitative estimate of drug-likeness (QED) is 0.773. The highest BCUT2D eigenvalue weighted by molar-refractivity contribution is 5.41. The maximum atomic E-state index is 9.30. The summed E-state index contributed by atoms with van der Waals surface area (Å²) in [5, 5.41) is 12.7. The summed E-state index contributed by atoms with van der Waals surface area (Å²) in [4.78, 5) is 6.89. The van der Waals surface area contributed by atoms with Crippen LogP contribution in [0.4, 0.5) is 5.82 Å². The first-order valence-corrected chi connectivity index (χ1v) is 8.24. The second-order valence-electron chi connectivity index (χ2n) is 6.40. The molecule has 1 fully saturated rings. The molecule has 0 aromatic carbocycles. The van der Waals surface area contributed by atoms with Gasteiger partial charge in [-0.2, -0.15) is 0 Å². The van der Waals surface area contributed by atoms with Gasteiger partial charge in [-0.05, 0) is 36.9 Å². The van der Waals surface area contributed by atoms with E-state index >= 15 is 0 Å². The van der Waals surface area contributed by atoms with E-state index in [0.717, 1.165) is 18.9 Å². The van der Waals surface area contributed by atoms with Crippen LogP contribution in [0.5, 0.6) is 0 Å². The SMILES string of the molecule is CC(C)CNCc1ccc(N(CCO)C2CCCC2)nc1. The summed E-state index contributed by atoms with van der Waals surface area (Å²) in [7, 11) is 0. The van der Waals surface area contributed by atoms with Gasteiger partial charge < -0.3 is 15.3 Å². The maximum Gasteiger partial charge on any atom is 0.128 e. The van der Waals surface area contributed by atoms with E-state index in [1.807, 2.05) is 6.20 Å². The molecule has 2 rings (SSSR count). The molecule has 0 aliphatic heterocycles. The molecule has 0 saturated heterocycles. The van der Waals surface area contributed by atoms with Crippen LogP contribution >= 0.6 is 0 Å². The summed E-state index contributed by atoms with van der Waals surface area (Å²) in [6.45, 7) is 7.19. The normalized spacial score (nSPS) is 15.8. The molecule has 0 spiro atoms. The third-order valence-corrected chi connectivity index (χ3v) is 4.09. The van der Waals surface area contributed by atoms with Gasteiger partial charge in [-0.3, -0.25) is 0 Å². The Kier molecular flexibility index (Phi) is 6.46. The molecule has 1 heterocycles. The van der Waals surface area contributed by atoms with Crippen molar-refractivity contribution >= 4 is 5.82 Å². The van der Waals surface area contributed by atoms with Crippen molar-refractivity contribution in [1.82, 2.24) is 10.3 Å². The van der Waals surface area contributed by atoms with Gasteiger partial charge in [0.25, 0.3) is 0 Å². The van der Waals surface area contributed by atoms with Crippen LogP contribution in [0.2, 0.25) is 0 Å². The van der Waals surface area contributed by atoms with E-state index < -0.39 is 0 Å². The summed E-state index contributed by atoms with van der Waals surface area (Å²) in [6.07, 6.45) is 6.99. The molecule has 2 N–H and O–H groups in total. The number of nitrogens with zero attached hydrogens (tertiary/aromatic N) is 2. The lowest BCUT2D eigenvalue weighted by atomic mass is 10.2. The Hall–Kier alpha value is -1.13. The lowest BCUT2D eigenvalue weighted by Crippen LogP contribution is -2.36. The number of pyridine rings is 1. The second-order valence-corrected chi connectivity index (χ2v) is 6.40. The number of anilines is 1. The first-order valence-electron chi connectivity index (χ1n) is 8.24. The molecule has 1 aliphatic rings. The molecule has 21 heavy (non-hydrogen) atoms. The molecule has 0 radical (unpaired) electrons. The zero-order chi connectivity index (χ0) is 15.1. The molecule has 4 heteroatoms. The van der Waals surface area contributed by atoms with E-state index in [9.17, 15) is 5.11 Å². The fourth-order valence-electron chi connectivity index (χ4n) is 3.00. The molecule has 1 aliphatic carbocycles. The van der Waals surface area contributed by atoms with Gasteiger partial charge in [0.1, 0.15) is 5.82 Å². The molecule has 1 aromatic rings. The van der Waals surface area contributed by atoms with Gasteiger partial charge in [-0.15, -0.1) is 0 Å². The number of aliphatic hydroxyl groups is 1. The number of rotatable bonds is 8. The zero-order valence-electron chi connectivity index (χ0n) is 13.4. The molecule has 0 amide bonds. The highest BCUT2D eigenvalue weighted by Gasteiger charge is 2.23. The Balaban J connectivity index is 1.94. The fourth-order valence-corrected chi connectivity index (χ4v) is 3.00. The summed E-state index contributed by atoms with van der Waals surface area (Å²) in [5.41, 5.74) is 1.22. The van der Waals surface area contributed by atoms with E-state index in [4.69, 9.17) is 0 Å². The van der Waals surface area contributed by atoms with Crippen LogP contribution in [0.15, 0.2) is 18.3 Å². The van der Waals surface area contributed by atoms with Crippen molar-refractivity contribution in [1.29, 1.82) is 0 Å². The topological polar surface area (TPSA) is 48.4 Å². The lowest BCUT2D eigenvalue weighted by molar-refractivity contribution is 0.297. The van der Waals surface area contributed by atoms with E-state index in [2.05, 4.69) is 41.2 Å². The Morgan fingerprint density at radius 3 is 2.67 bits per heavy atom. The molecule has 1 aromatic heterocycles. The number of hydrogen-bond acceptors (Lipinski definition) is 4. The number of nitrogens with one attached hydrogen (secondary N) is 1. The molecule has 0 unspecified atom stereocenters. The van der Waals surface area contributed by atoms with E-state index in [0.29, 0.717) is 18.5 Å². The van der Waals surface area contributed by atoms with Crippen molar-refractivity contribution in [2.45, 2.75) is 52.1 Å². The Labute approximate surface area is 128 Å². The van der Waals surface area contributed by atoms with Gasteiger partial charge in [-0.25, -0.2) is 4.98 Å². The summed E-state index contributed by atoms with van der Waals surface area (Å²) in [5.74, 6) is 1.67. The van der Waals surface area contributed by atoms with Crippen LogP contribution < -0.4 is 10.2 Å². The molecule has 0 atom stereocenters. The summed E-state index contributed by atoms with van der Waals surface area (Å²) >= 11 is 0. The average molecular weight is 291 g/mol. The van der Waals surface area contributed by atoms with Crippen molar-refractivity contribution in [2.75, 3.05) is 24.6 Å². The summed E-state index contributed by atoms with van der Waals surface area (Å²) < 4.78 is 0. The molecule has 1 saturated carbocycles. The minimum atomic E-state index is 0.190. The number of aliphatic hydroxyl groups excluding tert-OH is 1. The minimum Gasteiger partial charge on any atom is -0.395 e. The van der Waals surface area contributed by atoms with Crippen molar-refractivity contribution in [3.63, 3.8) is 0 Å². The predicted octanol–water partition coefficient (Wildman–Crippen LogP) is 2.57. The highest BCUT2D eigenvalue weighted by Crippen LogP contribution is 2.26. The van der Waals surface area contributed by atoms with Crippen LogP contribution in [0.25, 0.3) is 0 Å². The maximum absolute atomic E-state index is 9.30. The monoisotopic (exact) mass is 291 g/mol. The lowest BCUT2D eigenvalue weighted by Gasteiger charge is -2.29. The zero-order valence-corrected chi connectivity index (χ0v) is 13.4. The van der Waals surface area contributed by atoms with E-state index in [-0.39, 0.29) is 6.61 Å². The van der Waals surface area contributed by atoms with Crippen LogP contribution in [-0.4, -0.2) is 35.8 Å². The van der Waals surface area contributed by atoms with Crippen LogP contribution in [0.3, 0.4) is 0 Å². The summed E-state index contributed by atoms with van der Waals surface area (Å²) in [6, 6.07) is 4.80. The Morgan fingerprint density at radius 1 is 1.33 bits per heavy atom. The van der Waals surface area contributed by atoms with Crippen molar-refractivity contribution in [3.05, 3.63) is 23.9 Å². The van der Waals surface area contributed by atoms with Crippen LogP contribution in [0, 0.1) is 5.92 Å². The molecule has 4 nitrogen and oxygen atoms in total. The fraction of sp³-hybridized carbons (Fsp3) is 0.706. The first kappa shape index (κ1) is 16.2. The van der Waals surface area contributed by atoms with Gasteiger partial charge in [0.15, 0.2) is 0 Å². The van der Waals surface area contributed by atoms with Gasteiger partial charge in [0, 0.05) is 25.3 Å². The van der Waals surface area contributed by atoms with Crippen LogP contribution in [0.1, 0.15) is 45.1 Å². The Bertz CT molecular complexity index is 399. The van der Waals surface area contributed by atoms with Crippen molar-refractivity contribution in [2.24, 2.45) is 5.92 Å². The van der Waals surface area contributed by atoms with Crippen molar-refractivity contribution < 1.29 is 5.11 Å². The third kappa shape index (κ3) is 4.97.